The second kappa shape index (κ2) is 10.5. The van der Waals surface area contributed by atoms with Gasteiger partial charge in [-0.25, -0.2) is 13.6 Å². The van der Waals surface area contributed by atoms with Gasteiger partial charge in [0.2, 0.25) is 15.9 Å². The maximum atomic E-state index is 12.8. The van der Waals surface area contributed by atoms with Crippen molar-refractivity contribution in [3.63, 3.8) is 0 Å². The number of nitrogens with two attached hydrogens (primary N) is 1. The maximum Gasteiger partial charge on any atom is 0.253 e. The van der Waals surface area contributed by atoms with Gasteiger partial charge in [0.25, 0.3) is 5.91 Å². The summed E-state index contributed by atoms with van der Waals surface area (Å²) in [6.07, 6.45) is 2.24. The maximum absolute atomic E-state index is 12.8. The van der Waals surface area contributed by atoms with Gasteiger partial charge in [-0.2, -0.15) is 11.8 Å². The first-order valence-corrected chi connectivity index (χ1v) is 12.4. The molecule has 1 atom stereocenters. The van der Waals surface area contributed by atoms with Gasteiger partial charge in [-0.1, -0.05) is 29.3 Å². The van der Waals surface area contributed by atoms with Crippen LogP contribution in [0.5, 0.6) is 0 Å². The van der Waals surface area contributed by atoms with Crippen molar-refractivity contribution in [2.75, 3.05) is 17.3 Å². The van der Waals surface area contributed by atoms with Crippen molar-refractivity contribution in [3.05, 3.63) is 57.6 Å². The molecule has 0 unspecified atom stereocenters. The fourth-order valence-corrected chi connectivity index (χ4v) is 4.40. The molecule has 0 spiro atoms. The molecule has 2 aromatic rings. The molecule has 0 aliphatic carbocycles. The highest BCUT2D eigenvalue weighted by atomic mass is 35.5. The molecule has 30 heavy (non-hydrogen) atoms. The number of primary sulfonamides is 1. The second-order valence-corrected chi connectivity index (χ2v) is 9.81. The van der Waals surface area contributed by atoms with E-state index in [4.69, 9.17) is 28.3 Å². The normalized spacial score (nSPS) is 12.3. The van der Waals surface area contributed by atoms with E-state index in [-0.39, 0.29) is 21.2 Å². The average molecular weight is 490 g/mol. The van der Waals surface area contributed by atoms with Crippen LogP contribution < -0.4 is 15.8 Å². The van der Waals surface area contributed by atoms with Crippen molar-refractivity contribution in [2.24, 2.45) is 5.14 Å². The Hall–Kier alpha value is -1.78. The highest BCUT2D eigenvalue weighted by molar-refractivity contribution is 7.98. The molecule has 7 nitrogen and oxygen atoms in total. The molecular weight excluding hydrogens is 469 g/mol. The minimum absolute atomic E-state index is 0.0852. The summed E-state index contributed by atoms with van der Waals surface area (Å²) in [5.41, 5.74) is 0.900. The number of thioether (sulfide) groups is 1. The Morgan fingerprint density at radius 1 is 1.17 bits per heavy atom. The third-order valence-electron chi connectivity index (χ3n) is 4.17. The van der Waals surface area contributed by atoms with Crippen molar-refractivity contribution in [1.29, 1.82) is 0 Å². The summed E-state index contributed by atoms with van der Waals surface area (Å²) in [6.45, 7) is 1.60. The number of anilines is 1. The highest BCUT2D eigenvalue weighted by Crippen LogP contribution is 2.22. The van der Waals surface area contributed by atoms with Crippen LogP contribution in [0.15, 0.2) is 41.3 Å². The monoisotopic (exact) mass is 489 g/mol. The molecule has 2 amide bonds. The number of aryl methyl sites for hydroxylation is 1. The largest absolute Gasteiger partial charge is 0.340 e. The minimum Gasteiger partial charge on any atom is -0.340 e. The van der Waals surface area contributed by atoms with Gasteiger partial charge in [0.1, 0.15) is 6.04 Å². The first-order chi connectivity index (χ1) is 14.0. The van der Waals surface area contributed by atoms with Gasteiger partial charge >= 0.3 is 0 Å². The molecule has 0 saturated heterocycles. The number of amides is 2. The molecule has 4 N–H and O–H groups in total. The van der Waals surface area contributed by atoms with Crippen LogP contribution in [-0.2, 0) is 14.8 Å². The fraction of sp³-hybridized carbons (Fsp3) is 0.263. The molecule has 2 aromatic carbocycles. The Kier molecular flexibility index (Phi) is 8.57. The fourth-order valence-electron chi connectivity index (χ4n) is 2.63. The number of hydrogen-bond donors (Lipinski definition) is 3. The topological polar surface area (TPSA) is 118 Å². The molecule has 0 heterocycles. The predicted octanol–water partition coefficient (Wildman–Crippen LogP) is 3.44. The van der Waals surface area contributed by atoms with E-state index in [0.717, 1.165) is 0 Å². The number of sulfonamides is 1. The summed E-state index contributed by atoms with van der Waals surface area (Å²) >= 11 is 13.5. The molecule has 11 heteroatoms. The van der Waals surface area contributed by atoms with Gasteiger partial charge in [-0.15, -0.1) is 0 Å². The van der Waals surface area contributed by atoms with Gasteiger partial charge in [-0.3, -0.25) is 9.59 Å². The van der Waals surface area contributed by atoms with Crippen LogP contribution in [0.2, 0.25) is 10.0 Å². The molecule has 0 fully saturated rings. The Labute approximate surface area is 189 Å². The standard InChI is InChI=1S/C19H21Cl2N3O4S2/c1-11-3-5-13(10-17(11)30(22,27)28)23-19(26)16(7-8-29-2)24-18(25)14-6-4-12(20)9-15(14)21/h3-6,9-10,16H,7-8H2,1-2H3,(H,23,26)(H,24,25)(H2,22,27,28)/t16-/m0/s1. The third-order valence-corrected chi connectivity index (χ3v) is 6.42. The Morgan fingerprint density at radius 2 is 1.87 bits per heavy atom. The van der Waals surface area contributed by atoms with Crippen LogP contribution in [0.3, 0.4) is 0 Å². The van der Waals surface area contributed by atoms with Gasteiger partial charge in [0, 0.05) is 10.7 Å². The van der Waals surface area contributed by atoms with Crippen LogP contribution in [0.25, 0.3) is 0 Å². The smallest absolute Gasteiger partial charge is 0.253 e. The van der Waals surface area contributed by atoms with E-state index in [1.807, 2.05) is 6.26 Å². The van der Waals surface area contributed by atoms with E-state index < -0.39 is 27.9 Å². The van der Waals surface area contributed by atoms with Crippen molar-refractivity contribution in [1.82, 2.24) is 5.32 Å². The Morgan fingerprint density at radius 3 is 2.47 bits per heavy atom. The number of nitrogens with one attached hydrogen (secondary N) is 2. The average Bonchev–Trinajstić information content (AvgIpc) is 2.65. The minimum atomic E-state index is -3.94. The van der Waals surface area contributed by atoms with Crippen LogP contribution in [0, 0.1) is 6.92 Å². The van der Waals surface area contributed by atoms with E-state index in [1.54, 1.807) is 19.1 Å². The molecular formula is C19H21Cl2N3O4S2. The number of carbonyl (C=O) groups excluding carboxylic acids is 2. The number of halogens is 2. The van der Waals surface area contributed by atoms with E-state index in [1.165, 1.54) is 36.0 Å². The summed E-state index contributed by atoms with van der Waals surface area (Å²) in [6, 6.07) is 7.96. The van der Waals surface area contributed by atoms with Crippen molar-refractivity contribution < 1.29 is 18.0 Å². The predicted molar refractivity (Wildman–Crippen MR) is 122 cm³/mol. The van der Waals surface area contributed by atoms with Crippen LogP contribution in [0.1, 0.15) is 22.3 Å². The zero-order valence-corrected chi connectivity index (χ0v) is 19.4. The first kappa shape index (κ1) is 24.5. The lowest BCUT2D eigenvalue weighted by atomic mass is 10.1. The highest BCUT2D eigenvalue weighted by Gasteiger charge is 2.23. The molecule has 2 rings (SSSR count). The summed E-state index contributed by atoms with van der Waals surface area (Å²) < 4.78 is 23.4. The van der Waals surface area contributed by atoms with E-state index in [0.29, 0.717) is 22.8 Å². The van der Waals surface area contributed by atoms with E-state index in [9.17, 15) is 18.0 Å². The molecule has 0 aliphatic rings. The lowest BCUT2D eigenvalue weighted by Gasteiger charge is -2.19. The zero-order chi connectivity index (χ0) is 22.5. The lowest BCUT2D eigenvalue weighted by Crippen LogP contribution is -2.44. The van der Waals surface area contributed by atoms with Crippen molar-refractivity contribution >= 4 is 62.5 Å². The Bertz CT molecular complexity index is 1060. The Balaban J connectivity index is 2.22. The van der Waals surface area contributed by atoms with Gasteiger partial charge in [0.15, 0.2) is 0 Å². The molecule has 0 saturated carbocycles. The molecule has 0 aromatic heterocycles. The van der Waals surface area contributed by atoms with Gasteiger partial charge < -0.3 is 10.6 Å². The number of benzene rings is 2. The molecule has 0 aliphatic heterocycles. The van der Waals surface area contributed by atoms with Crippen LogP contribution in [-0.4, -0.2) is 38.3 Å². The second-order valence-electron chi connectivity index (χ2n) is 6.45. The SMILES string of the molecule is CSCC[C@H](NC(=O)c1ccc(Cl)cc1Cl)C(=O)Nc1ccc(C)c(S(N)(=O)=O)c1. The molecule has 0 bridgehead atoms. The summed E-state index contributed by atoms with van der Waals surface area (Å²) in [5, 5.41) is 11.1. The number of hydrogen-bond acceptors (Lipinski definition) is 5. The van der Waals surface area contributed by atoms with E-state index >= 15 is 0 Å². The van der Waals surface area contributed by atoms with E-state index in [2.05, 4.69) is 10.6 Å². The zero-order valence-electron chi connectivity index (χ0n) is 16.2. The van der Waals surface area contributed by atoms with Gasteiger partial charge in [0.05, 0.1) is 15.5 Å². The molecule has 0 radical (unpaired) electrons. The van der Waals surface area contributed by atoms with Crippen LogP contribution >= 0.6 is 35.0 Å². The van der Waals surface area contributed by atoms with Gasteiger partial charge in [-0.05, 0) is 61.2 Å². The molecule has 162 valence electrons. The quantitative estimate of drug-likeness (QED) is 0.524. The van der Waals surface area contributed by atoms with Crippen molar-refractivity contribution in [2.45, 2.75) is 24.3 Å². The van der Waals surface area contributed by atoms with Crippen molar-refractivity contribution in [3.8, 4) is 0 Å². The summed E-state index contributed by atoms with van der Waals surface area (Å²) in [4.78, 5) is 25.3. The number of carbonyl (C=O) groups is 2. The van der Waals surface area contributed by atoms with Crippen LogP contribution in [0.4, 0.5) is 5.69 Å². The first-order valence-electron chi connectivity index (χ1n) is 8.72. The third kappa shape index (κ3) is 6.61. The summed E-state index contributed by atoms with van der Waals surface area (Å²) in [5.74, 6) is -0.401. The number of rotatable bonds is 8. The summed E-state index contributed by atoms with van der Waals surface area (Å²) in [7, 11) is -3.94. The lowest BCUT2D eigenvalue weighted by molar-refractivity contribution is -0.118.